The highest BCUT2D eigenvalue weighted by Gasteiger charge is 1.88. The van der Waals surface area contributed by atoms with E-state index in [1.54, 1.807) is 0 Å². The molecular formula is C4H2ClFN2. The first-order valence-corrected chi connectivity index (χ1v) is 2.15. The van der Waals surface area contributed by atoms with E-state index in [0.29, 0.717) is 0 Å². The van der Waals surface area contributed by atoms with E-state index in [1.807, 2.05) is 0 Å². The zero-order chi connectivity index (χ0) is 7.72. The van der Waals surface area contributed by atoms with Gasteiger partial charge in [-0.15, -0.1) is 0 Å². The Morgan fingerprint density at radius 3 is 2.62 bits per heavy atom. The van der Waals surface area contributed by atoms with E-state index in [2.05, 4.69) is 9.97 Å². The monoisotopic (exact) mass is 134 g/mol. The van der Waals surface area contributed by atoms with Gasteiger partial charge < -0.3 is 0 Å². The highest BCUT2D eigenvalue weighted by atomic mass is 35.5. The van der Waals surface area contributed by atoms with Gasteiger partial charge in [-0.05, 0) is 11.6 Å². The molecule has 1 heterocycles. The fourth-order valence-electron chi connectivity index (χ4n) is 0.240. The second-order valence-corrected chi connectivity index (χ2v) is 1.37. The molecule has 0 spiro atoms. The summed E-state index contributed by atoms with van der Waals surface area (Å²) in [6.07, 6.45) is -1.30. The molecule has 42 valence electrons. The summed E-state index contributed by atoms with van der Waals surface area (Å²) in [5.74, 6) is -1.05. The fourth-order valence-corrected chi connectivity index (χ4v) is 0.325. The Kier molecular flexibility index (Phi) is 0.857. The van der Waals surface area contributed by atoms with Crippen LogP contribution in [0.4, 0.5) is 4.39 Å². The number of nitrogens with zero attached hydrogens (tertiary/aromatic N) is 2. The van der Waals surface area contributed by atoms with Gasteiger partial charge in [0, 0.05) is 0 Å². The second-order valence-electron chi connectivity index (χ2n) is 1.03. The minimum atomic E-state index is -1.05. The molecule has 1 rings (SSSR count). The van der Waals surface area contributed by atoms with Crippen LogP contribution in [0.2, 0.25) is 5.28 Å². The maximum absolute atomic E-state index is 12.4. The van der Waals surface area contributed by atoms with Crippen molar-refractivity contribution < 1.29 is 7.13 Å². The van der Waals surface area contributed by atoms with Crippen molar-refractivity contribution in [2.45, 2.75) is 0 Å². The van der Waals surface area contributed by atoms with Crippen molar-refractivity contribution in [2.24, 2.45) is 0 Å². The summed E-state index contributed by atoms with van der Waals surface area (Å²) in [7, 11) is 0. The van der Waals surface area contributed by atoms with Crippen LogP contribution in [0.3, 0.4) is 0 Å². The van der Waals surface area contributed by atoms with Gasteiger partial charge in [0.05, 0.1) is 15.1 Å². The second kappa shape index (κ2) is 2.05. The Morgan fingerprint density at radius 1 is 1.62 bits per heavy atom. The van der Waals surface area contributed by atoms with Crippen LogP contribution in [0.5, 0.6) is 0 Å². The zero-order valence-electron chi connectivity index (χ0n) is 5.65. The number of hydrogen-bond donors (Lipinski definition) is 0. The summed E-state index contributed by atoms with van der Waals surface area (Å²) in [5.41, 5.74) is 0. The lowest BCUT2D eigenvalue weighted by molar-refractivity contribution is 0.613. The first-order valence-electron chi connectivity index (χ1n) is 2.77. The summed E-state index contributed by atoms with van der Waals surface area (Å²) < 4.78 is 25.9. The van der Waals surface area contributed by atoms with Crippen LogP contribution in [0, 0.1) is 5.82 Å². The standard InChI is InChI=1S/C4H2ClFN2/c5-4-7-1-3(6)2-8-4/h1-2H/i1D,2D. The molecule has 8 heavy (non-hydrogen) atoms. The highest BCUT2D eigenvalue weighted by Crippen LogP contribution is 1.97. The molecule has 0 aliphatic carbocycles. The van der Waals surface area contributed by atoms with Crippen molar-refractivity contribution in [3.63, 3.8) is 0 Å². The Balaban J connectivity index is 3.31. The van der Waals surface area contributed by atoms with E-state index in [0.717, 1.165) is 0 Å². The molecule has 0 unspecified atom stereocenters. The van der Waals surface area contributed by atoms with Crippen LogP contribution < -0.4 is 0 Å². The van der Waals surface area contributed by atoms with Gasteiger partial charge in [0.2, 0.25) is 5.28 Å². The lowest BCUT2D eigenvalue weighted by Gasteiger charge is -1.83. The van der Waals surface area contributed by atoms with Crippen molar-refractivity contribution in [1.29, 1.82) is 0 Å². The molecule has 0 amide bonds. The van der Waals surface area contributed by atoms with E-state index in [1.165, 1.54) is 0 Å². The normalized spacial score (nSPS) is 12.8. The van der Waals surface area contributed by atoms with Crippen LogP contribution in [-0.2, 0) is 0 Å². The summed E-state index contributed by atoms with van der Waals surface area (Å²) in [5, 5.41) is -0.281. The maximum Gasteiger partial charge on any atom is 0.222 e. The molecule has 0 radical (unpaired) electrons. The predicted molar refractivity (Wildman–Crippen MR) is 27.0 cm³/mol. The molecule has 4 heteroatoms. The molecule has 0 aliphatic heterocycles. The Hall–Kier alpha value is -0.700. The van der Waals surface area contributed by atoms with Crippen LogP contribution in [0.1, 0.15) is 2.74 Å². The van der Waals surface area contributed by atoms with Crippen molar-refractivity contribution >= 4 is 11.6 Å². The van der Waals surface area contributed by atoms with Gasteiger partial charge >= 0.3 is 0 Å². The minimum Gasteiger partial charge on any atom is -0.223 e. The van der Waals surface area contributed by atoms with Crippen LogP contribution in [0.25, 0.3) is 0 Å². The van der Waals surface area contributed by atoms with E-state index >= 15 is 0 Å². The largest absolute Gasteiger partial charge is 0.223 e. The van der Waals surface area contributed by atoms with Crippen molar-refractivity contribution in [3.05, 3.63) is 23.4 Å². The molecule has 0 saturated heterocycles. The average Bonchev–Trinajstić information content (AvgIpc) is 1.82. The number of halogens is 2. The summed E-state index contributed by atoms with van der Waals surface area (Å²) >= 11 is 5.19. The molecule has 0 bridgehead atoms. The Labute approximate surface area is 53.1 Å². The van der Waals surface area contributed by atoms with Gasteiger partial charge in [-0.2, -0.15) is 0 Å². The lowest BCUT2D eigenvalue weighted by Crippen LogP contribution is -1.81. The minimum absolute atomic E-state index is 0.281. The molecule has 0 aromatic carbocycles. The molecule has 0 aliphatic rings. The third-order valence-corrected chi connectivity index (χ3v) is 0.662. The fraction of sp³-hybridized carbons (Fsp3) is 0. The molecule has 0 atom stereocenters. The van der Waals surface area contributed by atoms with Gasteiger partial charge in [-0.3, -0.25) is 0 Å². The summed E-state index contributed by atoms with van der Waals surface area (Å²) in [4.78, 5) is 6.32. The Bertz CT molecular complexity index is 244. The van der Waals surface area contributed by atoms with Crippen molar-refractivity contribution in [1.82, 2.24) is 9.97 Å². The van der Waals surface area contributed by atoms with Crippen LogP contribution >= 0.6 is 11.6 Å². The van der Waals surface area contributed by atoms with E-state index in [-0.39, 0.29) is 5.28 Å². The Morgan fingerprint density at radius 2 is 2.12 bits per heavy atom. The summed E-state index contributed by atoms with van der Waals surface area (Å²) in [6, 6.07) is 0. The molecule has 1 aromatic heterocycles. The maximum atomic E-state index is 12.4. The van der Waals surface area contributed by atoms with Crippen molar-refractivity contribution in [3.8, 4) is 0 Å². The summed E-state index contributed by atoms with van der Waals surface area (Å²) in [6.45, 7) is 0. The molecule has 1 aromatic rings. The van der Waals surface area contributed by atoms with Gasteiger partial charge in [0.25, 0.3) is 0 Å². The molecule has 0 N–H and O–H groups in total. The predicted octanol–water partition coefficient (Wildman–Crippen LogP) is 1.27. The lowest BCUT2D eigenvalue weighted by atomic mass is 10.7. The third-order valence-electron chi connectivity index (χ3n) is 0.493. The van der Waals surface area contributed by atoms with Gasteiger partial charge in [-0.25, -0.2) is 14.4 Å². The van der Waals surface area contributed by atoms with Crippen LogP contribution in [0.15, 0.2) is 12.3 Å². The number of hydrogen-bond acceptors (Lipinski definition) is 2. The molecular weight excluding hydrogens is 131 g/mol. The number of aromatic nitrogens is 2. The number of rotatable bonds is 0. The van der Waals surface area contributed by atoms with Gasteiger partial charge in [-0.1, -0.05) is 0 Å². The molecule has 0 saturated carbocycles. The van der Waals surface area contributed by atoms with Gasteiger partial charge in [0.1, 0.15) is 0 Å². The van der Waals surface area contributed by atoms with E-state index in [4.69, 9.17) is 14.3 Å². The smallest absolute Gasteiger partial charge is 0.222 e. The third kappa shape index (κ3) is 1.13. The topological polar surface area (TPSA) is 25.8 Å². The highest BCUT2D eigenvalue weighted by molar-refractivity contribution is 6.28. The molecule has 2 nitrogen and oxygen atoms in total. The van der Waals surface area contributed by atoms with Crippen molar-refractivity contribution in [2.75, 3.05) is 0 Å². The SMILES string of the molecule is [2H]c1nc(Cl)nc([2H])c1F. The van der Waals surface area contributed by atoms with E-state index in [9.17, 15) is 4.39 Å². The average molecular weight is 135 g/mol. The first-order chi connectivity index (χ1) is 4.61. The first kappa shape index (κ1) is 3.35. The molecule has 0 fully saturated rings. The van der Waals surface area contributed by atoms with Crippen LogP contribution in [-0.4, -0.2) is 9.97 Å². The quantitative estimate of drug-likeness (QED) is 0.500. The zero-order valence-corrected chi connectivity index (χ0v) is 4.41. The van der Waals surface area contributed by atoms with Gasteiger partial charge in [0.15, 0.2) is 5.82 Å². The van der Waals surface area contributed by atoms with E-state index < -0.39 is 18.2 Å².